The summed E-state index contributed by atoms with van der Waals surface area (Å²) in [5, 5.41) is 7.50. The van der Waals surface area contributed by atoms with Gasteiger partial charge in [-0.1, -0.05) is 12.1 Å². The van der Waals surface area contributed by atoms with Crippen molar-refractivity contribution < 1.29 is 8.42 Å². The van der Waals surface area contributed by atoms with Crippen LogP contribution in [0.4, 0.5) is 0 Å². The summed E-state index contributed by atoms with van der Waals surface area (Å²) in [5.74, 6) is 0.783. The molecular weight excluding hydrogens is 348 g/mol. The van der Waals surface area contributed by atoms with Gasteiger partial charge in [-0.25, -0.2) is 8.42 Å². The van der Waals surface area contributed by atoms with Crippen molar-refractivity contribution in [3.8, 4) is 0 Å². The van der Waals surface area contributed by atoms with Crippen LogP contribution in [-0.2, 0) is 9.84 Å². The van der Waals surface area contributed by atoms with E-state index in [1.807, 2.05) is 12.1 Å². The van der Waals surface area contributed by atoms with Crippen molar-refractivity contribution in [3.63, 3.8) is 0 Å². The van der Waals surface area contributed by atoms with E-state index in [1.54, 1.807) is 12.1 Å². The molecule has 7 heteroatoms. The molecule has 4 atom stereocenters. The number of likely N-dealkylation sites (tertiary alicyclic amines) is 1. The molecule has 2 N–H and O–H groups in total. The fourth-order valence-corrected chi connectivity index (χ4v) is 5.35. The van der Waals surface area contributed by atoms with Gasteiger partial charge in [0.1, 0.15) is 0 Å². The van der Waals surface area contributed by atoms with Crippen LogP contribution in [0.2, 0.25) is 0 Å². The number of nitrogens with one attached hydrogen (secondary N) is 2. The maximum atomic E-state index is 11.7. The summed E-state index contributed by atoms with van der Waals surface area (Å²) in [4.78, 5) is 5.36. The third-order valence-electron chi connectivity index (χ3n) is 6.15. The Morgan fingerprint density at radius 1 is 1.08 bits per heavy atom. The summed E-state index contributed by atoms with van der Waals surface area (Å²) in [6.07, 6.45) is 4.24. The minimum Gasteiger partial charge on any atom is -0.312 e. The lowest BCUT2D eigenvalue weighted by molar-refractivity contribution is 0.0860. The molecule has 3 saturated heterocycles. The van der Waals surface area contributed by atoms with E-state index in [1.165, 1.54) is 25.6 Å². The molecule has 0 aromatic heterocycles. The third-order valence-corrected chi connectivity index (χ3v) is 7.28. The van der Waals surface area contributed by atoms with Gasteiger partial charge in [-0.2, -0.15) is 0 Å². The molecule has 1 aromatic rings. The first-order valence-electron chi connectivity index (χ1n) is 9.62. The molecule has 26 heavy (non-hydrogen) atoms. The number of benzene rings is 1. The smallest absolute Gasteiger partial charge is 0.175 e. The second kappa shape index (κ2) is 7.20. The molecule has 3 aliphatic rings. The van der Waals surface area contributed by atoms with Crippen molar-refractivity contribution in [1.29, 1.82) is 0 Å². The number of piperidine rings is 1. The fraction of sp³-hybridized carbons (Fsp3) is 0.684. The molecule has 3 heterocycles. The average molecular weight is 379 g/mol. The largest absolute Gasteiger partial charge is 0.312 e. The summed E-state index contributed by atoms with van der Waals surface area (Å²) in [6, 6.07) is 8.23. The third kappa shape index (κ3) is 3.82. The van der Waals surface area contributed by atoms with Gasteiger partial charge in [-0.15, -0.1) is 0 Å². The van der Waals surface area contributed by atoms with E-state index in [2.05, 4.69) is 27.5 Å². The van der Waals surface area contributed by atoms with Crippen LogP contribution in [0.5, 0.6) is 0 Å². The highest BCUT2D eigenvalue weighted by atomic mass is 32.2. The van der Waals surface area contributed by atoms with Gasteiger partial charge in [0.05, 0.1) is 11.1 Å². The van der Waals surface area contributed by atoms with E-state index in [0.717, 1.165) is 37.7 Å². The van der Waals surface area contributed by atoms with Gasteiger partial charge < -0.3 is 10.2 Å². The second-order valence-electron chi connectivity index (χ2n) is 8.21. The minimum atomic E-state index is -3.14. The fourth-order valence-electron chi connectivity index (χ4n) is 4.72. The van der Waals surface area contributed by atoms with Gasteiger partial charge in [0.25, 0.3) is 0 Å². The number of fused-ring (bicyclic) bond motifs is 1. The van der Waals surface area contributed by atoms with Gasteiger partial charge >= 0.3 is 0 Å². The number of piperazine rings is 1. The number of hydrogen-bond acceptors (Lipinski definition) is 6. The van der Waals surface area contributed by atoms with Crippen molar-refractivity contribution in [3.05, 3.63) is 29.8 Å². The number of rotatable bonds is 3. The maximum Gasteiger partial charge on any atom is 0.175 e. The Hall–Kier alpha value is -0.990. The number of sulfone groups is 1. The lowest BCUT2D eigenvalue weighted by Gasteiger charge is -2.41. The van der Waals surface area contributed by atoms with E-state index >= 15 is 0 Å². The number of likely N-dealkylation sites (N-methyl/N-ethyl adjacent to an activating group) is 1. The topological polar surface area (TPSA) is 64.7 Å². The first-order chi connectivity index (χ1) is 12.4. The van der Waals surface area contributed by atoms with E-state index in [-0.39, 0.29) is 6.04 Å². The molecule has 0 bridgehead atoms. The predicted molar refractivity (Wildman–Crippen MR) is 103 cm³/mol. The summed E-state index contributed by atoms with van der Waals surface area (Å²) in [6.45, 7) is 5.41. The Morgan fingerprint density at radius 2 is 1.85 bits per heavy atom. The Balaban J connectivity index is 1.46. The van der Waals surface area contributed by atoms with Crippen LogP contribution >= 0.6 is 0 Å². The molecule has 3 fully saturated rings. The summed E-state index contributed by atoms with van der Waals surface area (Å²) in [7, 11) is -0.969. The Morgan fingerprint density at radius 3 is 2.54 bits per heavy atom. The molecule has 144 valence electrons. The zero-order valence-corrected chi connectivity index (χ0v) is 16.5. The van der Waals surface area contributed by atoms with Crippen molar-refractivity contribution >= 4 is 9.84 Å². The Bertz CT molecular complexity index is 722. The molecule has 6 nitrogen and oxygen atoms in total. The molecular formula is C19H30N4O2S. The highest BCUT2D eigenvalue weighted by Crippen LogP contribution is 2.28. The Kier molecular flexibility index (Phi) is 5.09. The molecule has 1 aromatic carbocycles. The monoisotopic (exact) mass is 378 g/mol. The highest BCUT2D eigenvalue weighted by Gasteiger charge is 2.39. The molecule has 0 amide bonds. The van der Waals surface area contributed by atoms with Crippen LogP contribution in [0.3, 0.4) is 0 Å². The van der Waals surface area contributed by atoms with Gasteiger partial charge in [0.15, 0.2) is 9.84 Å². The van der Waals surface area contributed by atoms with Crippen molar-refractivity contribution in [2.45, 2.75) is 36.0 Å². The van der Waals surface area contributed by atoms with E-state index in [9.17, 15) is 8.42 Å². The molecule has 4 unspecified atom stereocenters. The predicted octanol–water partition coefficient (Wildman–Crippen LogP) is 0.676. The van der Waals surface area contributed by atoms with Crippen molar-refractivity contribution in [2.75, 3.05) is 46.0 Å². The van der Waals surface area contributed by atoms with E-state index in [4.69, 9.17) is 0 Å². The lowest BCUT2D eigenvalue weighted by Crippen LogP contribution is -2.58. The van der Waals surface area contributed by atoms with Gasteiger partial charge in [0.2, 0.25) is 0 Å². The Labute approximate surface area is 156 Å². The van der Waals surface area contributed by atoms with E-state index < -0.39 is 9.84 Å². The molecule has 0 radical (unpaired) electrons. The van der Waals surface area contributed by atoms with Gasteiger partial charge in [-0.3, -0.25) is 10.2 Å². The molecule has 4 rings (SSSR count). The van der Waals surface area contributed by atoms with Crippen molar-refractivity contribution in [2.24, 2.45) is 5.92 Å². The zero-order valence-electron chi connectivity index (χ0n) is 15.7. The lowest BCUT2D eigenvalue weighted by atomic mass is 9.94. The van der Waals surface area contributed by atoms with Gasteiger partial charge in [0, 0.05) is 44.5 Å². The van der Waals surface area contributed by atoms with Crippen LogP contribution in [0.15, 0.2) is 29.2 Å². The molecule has 3 aliphatic heterocycles. The highest BCUT2D eigenvalue weighted by molar-refractivity contribution is 7.90. The minimum absolute atomic E-state index is 0.225. The van der Waals surface area contributed by atoms with Crippen molar-refractivity contribution in [1.82, 2.24) is 20.4 Å². The molecule has 0 saturated carbocycles. The van der Waals surface area contributed by atoms with Crippen LogP contribution in [0.25, 0.3) is 0 Å². The first kappa shape index (κ1) is 18.4. The quantitative estimate of drug-likeness (QED) is 0.806. The first-order valence-corrected chi connectivity index (χ1v) is 11.5. The number of nitrogens with zero attached hydrogens (tertiary/aromatic N) is 2. The van der Waals surface area contributed by atoms with Crippen LogP contribution in [0, 0.1) is 5.92 Å². The normalized spacial score (nSPS) is 33.9. The average Bonchev–Trinajstić information content (AvgIpc) is 3.05. The number of hydrogen-bond donors (Lipinski definition) is 2. The molecule has 0 spiro atoms. The second-order valence-corrected chi connectivity index (χ2v) is 10.2. The van der Waals surface area contributed by atoms with E-state index in [0.29, 0.717) is 17.1 Å². The SMILES string of the molecule is CN1CC(c2ccc(S(C)(=O)=O)cc2)NC(N2CC3CCCNC3C2)C1. The summed E-state index contributed by atoms with van der Waals surface area (Å²) < 4.78 is 23.4. The standard InChI is InChI=1S/C19H30N4O2S/c1-22-11-18(14-5-7-16(8-6-14)26(2,24)25)21-19(13-22)23-10-15-4-3-9-20-17(15)12-23/h5-8,15,17-21H,3-4,9-13H2,1-2H3. The van der Waals surface area contributed by atoms with Crippen LogP contribution in [-0.4, -0.2) is 76.5 Å². The molecule has 0 aliphatic carbocycles. The van der Waals surface area contributed by atoms with Gasteiger partial charge in [-0.05, 0) is 50.0 Å². The van der Waals surface area contributed by atoms with Crippen LogP contribution < -0.4 is 10.6 Å². The van der Waals surface area contributed by atoms with Crippen LogP contribution in [0.1, 0.15) is 24.4 Å². The summed E-state index contributed by atoms with van der Waals surface area (Å²) in [5.41, 5.74) is 1.16. The maximum absolute atomic E-state index is 11.7. The summed E-state index contributed by atoms with van der Waals surface area (Å²) >= 11 is 0. The zero-order chi connectivity index (χ0) is 18.3.